The summed E-state index contributed by atoms with van der Waals surface area (Å²) >= 11 is -2.61. The molecule has 0 bridgehead atoms. The first-order valence-corrected chi connectivity index (χ1v) is 11.0. The minimum atomic E-state index is -2.61. The van der Waals surface area contributed by atoms with Crippen molar-refractivity contribution >= 4 is 57.1 Å². The van der Waals surface area contributed by atoms with E-state index in [1.54, 1.807) is 0 Å². The maximum absolute atomic E-state index is 11.5. The summed E-state index contributed by atoms with van der Waals surface area (Å²) in [5.41, 5.74) is -2.64. The summed E-state index contributed by atoms with van der Waals surface area (Å²) in [5, 5.41) is 45.3. The summed E-state index contributed by atoms with van der Waals surface area (Å²) in [6, 6.07) is 3.50. The third-order valence-electron chi connectivity index (χ3n) is 4.09. The number of benzene rings is 2. The van der Waals surface area contributed by atoms with Gasteiger partial charge in [-0.1, -0.05) is 0 Å². The molecule has 0 saturated carbocycles. The van der Waals surface area contributed by atoms with Crippen molar-refractivity contribution < 1.29 is 25.8 Å². The van der Waals surface area contributed by atoms with Crippen molar-refractivity contribution in [3.05, 3.63) is 75.8 Å². The molecule has 0 unspecified atom stereocenters. The molecule has 0 atom stereocenters. The van der Waals surface area contributed by atoms with E-state index in [0.717, 1.165) is 24.6 Å². The van der Waals surface area contributed by atoms with Crippen LogP contribution in [0.4, 0.5) is 22.7 Å². The molecule has 0 amide bonds. The van der Waals surface area contributed by atoms with E-state index in [1.807, 2.05) is 0 Å². The first kappa shape index (κ1) is 23.4. The molecule has 16 nitrogen and oxygen atoms in total. The van der Waals surface area contributed by atoms with Crippen LogP contribution in [0.15, 0.2) is 34.3 Å². The summed E-state index contributed by atoms with van der Waals surface area (Å²) in [7, 11) is 0. The van der Waals surface area contributed by atoms with E-state index in [4.69, 9.17) is 6.15 Å². The van der Waals surface area contributed by atoms with Gasteiger partial charge in [0.15, 0.2) is 0 Å². The zero-order valence-corrected chi connectivity index (χ0v) is 19.0. The summed E-state index contributed by atoms with van der Waals surface area (Å²) in [4.78, 5) is 49.9. The molecule has 17 heteroatoms. The fourth-order valence-corrected chi connectivity index (χ4v) is 4.55. The van der Waals surface area contributed by atoms with E-state index in [9.17, 15) is 40.5 Å². The van der Waals surface area contributed by atoms with Crippen molar-refractivity contribution in [3.63, 3.8) is 0 Å². The monoisotopic (exact) mass is 566 g/mol. The molecule has 3 rings (SSSR count). The molecule has 0 spiro atoms. The zero-order valence-electron chi connectivity index (χ0n) is 16.1. The van der Waals surface area contributed by atoms with Crippen molar-refractivity contribution in [1.82, 2.24) is 0 Å². The predicted octanol–water partition coefficient (Wildman–Crippen LogP) is 2.16. The Kier molecular flexibility index (Phi) is 7.06. The Hall–Kier alpha value is -4.22. The Morgan fingerprint density at radius 1 is 0.667 bits per heavy atom. The van der Waals surface area contributed by atoms with Crippen LogP contribution >= 0.6 is 0 Å². The van der Waals surface area contributed by atoms with Gasteiger partial charge in [-0.15, -0.1) is 0 Å². The van der Waals surface area contributed by atoms with E-state index in [1.165, 1.54) is 0 Å². The van der Waals surface area contributed by atoms with Crippen LogP contribution in [-0.4, -0.2) is 67.2 Å². The topological polar surface area (TPSA) is 216 Å². The van der Waals surface area contributed by atoms with Gasteiger partial charge in [0, 0.05) is 0 Å². The number of non-ortho nitro benzene ring substituents is 2. The molecule has 1 aliphatic rings. The van der Waals surface area contributed by atoms with E-state index in [0.29, 0.717) is 12.1 Å². The quantitative estimate of drug-likeness (QED) is 0.299. The van der Waals surface area contributed by atoms with E-state index in [-0.39, 0.29) is 35.7 Å². The number of aliphatic imine (C=N–C) groups is 2. The van der Waals surface area contributed by atoms with Crippen LogP contribution in [-0.2, 0) is 0 Å². The first-order chi connectivity index (χ1) is 15.7. The van der Waals surface area contributed by atoms with Gasteiger partial charge in [0.2, 0.25) is 0 Å². The Morgan fingerprint density at radius 2 is 1.06 bits per heavy atom. The van der Waals surface area contributed by atoms with Crippen LogP contribution < -0.4 is 6.15 Å². The van der Waals surface area contributed by atoms with Crippen LogP contribution in [0.5, 0.6) is 11.5 Å². The summed E-state index contributed by atoms with van der Waals surface area (Å²) in [6.07, 6.45) is 2.31. The molecule has 1 aliphatic heterocycles. The van der Waals surface area contributed by atoms with E-state index < -0.39 is 64.4 Å². The zero-order chi connectivity index (χ0) is 24.1. The molecule has 0 saturated heterocycles. The van der Waals surface area contributed by atoms with Gasteiger partial charge < -0.3 is 0 Å². The Morgan fingerprint density at radius 3 is 1.39 bits per heavy atom. The fourth-order valence-electron chi connectivity index (χ4n) is 2.68. The number of hydrogen-bond acceptors (Lipinski definition) is 12. The molecule has 0 N–H and O–H groups in total. The number of rotatable bonds is 4. The first-order valence-electron chi connectivity index (χ1n) is 8.71. The maximum atomic E-state index is 11.5. The number of nitro benzene ring substituents is 4. The van der Waals surface area contributed by atoms with Gasteiger partial charge in [0.25, 0.3) is 0 Å². The Labute approximate surface area is 193 Å². The molecule has 0 fully saturated rings. The van der Waals surface area contributed by atoms with Gasteiger partial charge in [0.05, 0.1) is 0 Å². The number of hydrogen-bond donors (Lipinski definition) is 0. The molecule has 33 heavy (non-hydrogen) atoms. The SMILES string of the molecule is O=[N+]([O-])c1cc2c(c([N+](=O)[O-])c1)[O][Sn][O]c1c(cc([N+](=O)[O-])cc1[N+](=O)[O-])C=NCCN=C2. The van der Waals surface area contributed by atoms with Crippen molar-refractivity contribution in [2.24, 2.45) is 9.98 Å². The molecular formula is C16H10N6O10Sn. The van der Waals surface area contributed by atoms with Crippen molar-refractivity contribution in [3.8, 4) is 11.5 Å². The normalized spacial score (nSPS) is 13.1. The standard InChI is InChI=1S/C16H12N6O10.Sn/c23-15-9(3-11(19(25)26)5-13(15)21(29)30)7-17-1-2-18-8-10-4-12(20(27)28)6-14(16(10)24)22(31)32;/h3-8,23-24H,1-2H2;/q;+2/p-2. The van der Waals surface area contributed by atoms with Crippen LogP contribution in [0.2, 0.25) is 0 Å². The third kappa shape index (κ3) is 5.34. The Bertz CT molecular complexity index is 1140. The fraction of sp³-hybridized carbons (Fsp3) is 0.125. The number of nitrogens with zero attached hydrogens (tertiary/aromatic N) is 6. The van der Waals surface area contributed by atoms with E-state index in [2.05, 4.69) is 9.98 Å². The van der Waals surface area contributed by atoms with Gasteiger partial charge in [0.1, 0.15) is 0 Å². The van der Waals surface area contributed by atoms with Gasteiger partial charge in [-0.2, -0.15) is 0 Å². The summed E-state index contributed by atoms with van der Waals surface area (Å²) < 4.78 is 11.0. The molecule has 0 aromatic heterocycles. The molecular weight excluding hydrogens is 555 g/mol. The van der Waals surface area contributed by atoms with Crippen molar-refractivity contribution in [1.29, 1.82) is 0 Å². The molecule has 1 heterocycles. The molecule has 168 valence electrons. The summed E-state index contributed by atoms with van der Waals surface area (Å²) in [5.74, 6) is -0.681. The van der Waals surface area contributed by atoms with Gasteiger partial charge in [-0.05, 0) is 0 Å². The van der Waals surface area contributed by atoms with Crippen LogP contribution in [0.25, 0.3) is 0 Å². The average Bonchev–Trinajstić information content (AvgIpc) is 2.77. The number of fused-ring (bicyclic) bond motifs is 2. The second kappa shape index (κ2) is 9.93. The van der Waals surface area contributed by atoms with Crippen molar-refractivity contribution in [2.45, 2.75) is 0 Å². The molecule has 2 aromatic carbocycles. The summed E-state index contributed by atoms with van der Waals surface area (Å²) in [6.45, 7) is 0.0826. The van der Waals surface area contributed by atoms with Gasteiger partial charge in [-0.3, -0.25) is 0 Å². The second-order valence-electron chi connectivity index (χ2n) is 6.15. The average molecular weight is 565 g/mol. The molecule has 0 aliphatic carbocycles. The van der Waals surface area contributed by atoms with Crippen LogP contribution in [0.3, 0.4) is 0 Å². The number of nitro groups is 4. The minimum absolute atomic E-state index is 0.0413. The Balaban J connectivity index is 2.12. The molecule has 2 radical (unpaired) electrons. The van der Waals surface area contributed by atoms with Gasteiger partial charge >= 0.3 is 193 Å². The molecule has 2 aromatic rings. The second-order valence-corrected chi connectivity index (χ2v) is 7.79. The van der Waals surface area contributed by atoms with Crippen LogP contribution in [0.1, 0.15) is 11.1 Å². The van der Waals surface area contributed by atoms with E-state index >= 15 is 0 Å². The van der Waals surface area contributed by atoms with Crippen molar-refractivity contribution in [2.75, 3.05) is 13.1 Å². The van der Waals surface area contributed by atoms with Crippen LogP contribution in [0, 0.1) is 40.5 Å². The predicted molar refractivity (Wildman–Crippen MR) is 111 cm³/mol. The van der Waals surface area contributed by atoms with Gasteiger partial charge in [-0.25, -0.2) is 0 Å². The third-order valence-corrected chi connectivity index (χ3v) is 5.73.